The number of carboxylic acids is 1. The van der Waals surface area contributed by atoms with E-state index in [-0.39, 0.29) is 0 Å². The molecule has 0 amide bonds. The van der Waals surface area contributed by atoms with E-state index in [1.807, 2.05) is 29.6 Å². The molecule has 0 atom stereocenters. The van der Waals surface area contributed by atoms with Crippen LogP contribution < -0.4 is 5.32 Å². The number of aliphatic carboxylic acids is 1. The number of benzene rings is 1. The summed E-state index contributed by atoms with van der Waals surface area (Å²) in [6.07, 6.45) is 4.24. The molecule has 28 heavy (non-hydrogen) atoms. The number of halogens is 1. The van der Waals surface area contributed by atoms with Gasteiger partial charge in [0.15, 0.2) is 4.34 Å². The Kier molecular flexibility index (Phi) is 6.53. The first kappa shape index (κ1) is 20.6. The summed E-state index contributed by atoms with van der Waals surface area (Å²) in [5, 5.41) is 15.0. The van der Waals surface area contributed by atoms with Gasteiger partial charge in [0.2, 0.25) is 5.95 Å². The lowest BCUT2D eigenvalue weighted by Gasteiger charge is -2.15. The molecule has 0 fully saturated rings. The Morgan fingerprint density at radius 2 is 1.89 bits per heavy atom. The number of thioether (sulfide) groups is 1. The largest absolute Gasteiger partial charge is 0.480 e. The van der Waals surface area contributed by atoms with Gasteiger partial charge in [-0.2, -0.15) is 0 Å². The summed E-state index contributed by atoms with van der Waals surface area (Å²) in [5.74, 6) is -0.301. The van der Waals surface area contributed by atoms with Crippen molar-refractivity contribution in [1.29, 1.82) is 0 Å². The van der Waals surface area contributed by atoms with Gasteiger partial charge < -0.3 is 10.4 Å². The standard InChI is InChI=1S/C19H19ClN4O2S2/c1-19(2,16(25)26)28-18-24-15(11-27-18)7-8-21-17-22-9-13(10-23-17)12-3-5-14(20)6-4-12/h3-6,9-11H,7-8H2,1-2H3,(H,25,26)(H,21,22,23). The predicted molar refractivity (Wildman–Crippen MR) is 114 cm³/mol. The second-order valence-electron chi connectivity index (χ2n) is 6.50. The molecule has 0 spiro atoms. The molecule has 6 nitrogen and oxygen atoms in total. The van der Waals surface area contributed by atoms with E-state index in [9.17, 15) is 9.90 Å². The predicted octanol–water partition coefficient (Wildman–Crippen LogP) is 4.86. The van der Waals surface area contributed by atoms with E-state index >= 15 is 0 Å². The fraction of sp³-hybridized carbons (Fsp3) is 0.263. The van der Waals surface area contributed by atoms with Crippen molar-refractivity contribution in [2.75, 3.05) is 11.9 Å². The second kappa shape index (κ2) is 8.89. The fourth-order valence-corrected chi connectivity index (χ4v) is 4.58. The molecule has 2 aromatic heterocycles. The van der Waals surface area contributed by atoms with Crippen LogP contribution in [0.4, 0.5) is 5.95 Å². The Morgan fingerprint density at radius 3 is 2.54 bits per heavy atom. The smallest absolute Gasteiger partial charge is 0.319 e. The second-order valence-corrected chi connectivity index (χ2v) is 9.67. The molecular weight excluding hydrogens is 416 g/mol. The number of hydrogen-bond acceptors (Lipinski definition) is 7. The topological polar surface area (TPSA) is 88.0 Å². The van der Waals surface area contributed by atoms with E-state index in [4.69, 9.17) is 11.6 Å². The van der Waals surface area contributed by atoms with Crippen LogP contribution in [-0.4, -0.2) is 37.3 Å². The van der Waals surface area contributed by atoms with Gasteiger partial charge in [0, 0.05) is 41.3 Å². The summed E-state index contributed by atoms with van der Waals surface area (Å²) in [6, 6.07) is 7.53. The number of rotatable bonds is 8. The van der Waals surface area contributed by atoms with Crippen molar-refractivity contribution in [3.8, 4) is 11.1 Å². The third-order valence-corrected chi connectivity index (χ3v) is 6.31. The molecule has 2 N–H and O–H groups in total. The Bertz CT molecular complexity index is 943. The van der Waals surface area contributed by atoms with E-state index < -0.39 is 10.7 Å². The van der Waals surface area contributed by atoms with Crippen LogP contribution in [0.5, 0.6) is 0 Å². The van der Waals surface area contributed by atoms with E-state index in [2.05, 4.69) is 20.3 Å². The number of nitrogens with zero attached hydrogens (tertiary/aromatic N) is 3. The van der Waals surface area contributed by atoms with Crippen LogP contribution >= 0.6 is 34.7 Å². The average Bonchev–Trinajstić information content (AvgIpc) is 3.09. The number of carboxylic acid groups (broad SMARTS) is 1. The number of thiazole rings is 1. The first-order valence-electron chi connectivity index (χ1n) is 8.52. The number of carbonyl (C=O) groups is 1. The first-order valence-corrected chi connectivity index (χ1v) is 10.6. The van der Waals surface area contributed by atoms with Crippen LogP contribution in [-0.2, 0) is 11.2 Å². The van der Waals surface area contributed by atoms with Gasteiger partial charge in [-0.15, -0.1) is 11.3 Å². The lowest BCUT2D eigenvalue weighted by Crippen LogP contribution is -2.26. The van der Waals surface area contributed by atoms with Crippen molar-refractivity contribution in [1.82, 2.24) is 15.0 Å². The van der Waals surface area contributed by atoms with Crippen LogP contribution in [0.3, 0.4) is 0 Å². The van der Waals surface area contributed by atoms with E-state index in [1.165, 1.54) is 23.1 Å². The van der Waals surface area contributed by atoms with Gasteiger partial charge in [-0.3, -0.25) is 4.79 Å². The fourth-order valence-electron chi connectivity index (χ4n) is 2.23. The summed E-state index contributed by atoms with van der Waals surface area (Å²) in [6.45, 7) is 3.98. The lowest BCUT2D eigenvalue weighted by atomic mass is 10.1. The van der Waals surface area contributed by atoms with Crippen LogP contribution in [0.2, 0.25) is 5.02 Å². The third-order valence-electron chi connectivity index (χ3n) is 3.88. The molecule has 0 aliphatic heterocycles. The molecule has 0 unspecified atom stereocenters. The van der Waals surface area contributed by atoms with Crippen molar-refractivity contribution in [3.05, 3.63) is 52.8 Å². The van der Waals surface area contributed by atoms with Gasteiger partial charge >= 0.3 is 5.97 Å². The van der Waals surface area contributed by atoms with Crippen LogP contribution in [0.15, 0.2) is 46.4 Å². The molecule has 0 saturated carbocycles. The maximum Gasteiger partial charge on any atom is 0.319 e. The first-order chi connectivity index (χ1) is 13.3. The van der Waals surface area contributed by atoms with Gasteiger partial charge in [-0.05, 0) is 31.5 Å². The Morgan fingerprint density at radius 1 is 1.21 bits per heavy atom. The summed E-state index contributed by atoms with van der Waals surface area (Å²) < 4.78 is -0.140. The molecule has 3 rings (SSSR count). The highest BCUT2D eigenvalue weighted by atomic mass is 35.5. The molecule has 0 aliphatic carbocycles. The minimum absolute atomic E-state index is 0.551. The third kappa shape index (κ3) is 5.43. The average molecular weight is 435 g/mol. The van der Waals surface area contributed by atoms with Crippen molar-refractivity contribution >= 4 is 46.6 Å². The van der Waals surface area contributed by atoms with Gasteiger partial charge in [-0.25, -0.2) is 15.0 Å². The van der Waals surface area contributed by atoms with Crippen LogP contribution in [0, 0.1) is 0 Å². The van der Waals surface area contributed by atoms with Gasteiger partial charge in [-0.1, -0.05) is 35.5 Å². The normalized spacial score (nSPS) is 11.4. The van der Waals surface area contributed by atoms with Crippen LogP contribution in [0.1, 0.15) is 19.5 Å². The summed E-state index contributed by atoms with van der Waals surface area (Å²) >= 11 is 8.63. The molecule has 0 saturated heterocycles. The van der Waals surface area contributed by atoms with E-state index in [0.717, 1.165) is 21.2 Å². The number of aromatic nitrogens is 3. The molecule has 0 radical (unpaired) electrons. The Labute approximate surface area is 176 Å². The molecule has 3 aromatic rings. The minimum Gasteiger partial charge on any atom is -0.480 e. The molecule has 9 heteroatoms. The Hall–Kier alpha value is -2.16. The van der Waals surface area contributed by atoms with Crippen LogP contribution in [0.25, 0.3) is 11.1 Å². The van der Waals surface area contributed by atoms with Crippen molar-refractivity contribution in [2.24, 2.45) is 0 Å². The molecule has 0 aliphatic rings. The van der Waals surface area contributed by atoms with Gasteiger partial charge in [0.05, 0.1) is 5.69 Å². The van der Waals surface area contributed by atoms with Gasteiger partial charge in [0.25, 0.3) is 0 Å². The number of nitrogens with one attached hydrogen (secondary N) is 1. The van der Waals surface area contributed by atoms with Crippen molar-refractivity contribution in [2.45, 2.75) is 29.4 Å². The molecule has 1 aromatic carbocycles. The van der Waals surface area contributed by atoms with E-state index in [1.54, 1.807) is 26.2 Å². The SMILES string of the molecule is CC(C)(Sc1nc(CCNc2ncc(-c3ccc(Cl)cc3)cn2)cs1)C(=O)O. The van der Waals surface area contributed by atoms with E-state index in [0.29, 0.717) is 23.9 Å². The zero-order chi connectivity index (χ0) is 20.1. The maximum atomic E-state index is 11.2. The summed E-state index contributed by atoms with van der Waals surface area (Å²) in [7, 11) is 0. The molecule has 146 valence electrons. The molecule has 2 heterocycles. The number of anilines is 1. The zero-order valence-electron chi connectivity index (χ0n) is 15.3. The zero-order valence-corrected chi connectivity index (χ0v) is 17.7. The maximum absolute atomic E-state index is 11.2. The monoisotopic (exact) mass is 434 g/mol. The lowest BCUT2D eigenvalue weighted by molar-refractivity contribution is -0.138. The molecular formula is C19H19ClN4O2S2. The minimum atomic E-state index is -0.896. The van der Waals surface area contributed by atoms with Gasteiger partial charge in [0.1, 0.15) is 4.75 Å². The quantitative estimate of drug-likeness (QED) is 0.489. The summed E-state index contributed by atoms with van der Waals surface area (Å²) in [5.41, 5.74) is 2.84. The summed E-state index contributed by atoms with van der Waals surface area (Å²) in [4.78, 5) is 24.4. The number of hydrogen-bond donors (Lipinski definition) is 2. The highest BCUT2D eigenvalue weighted by Crippen LogP contribution is 2.34. The highest BCUT2D eigenvalue weighted by molar-refractivity contribution is 8.02. The van der Waals surface area contributed by atoms with Crippen molar-refractivity contribution < 1.29 is 9.90 Å². The Balaban J connectivity index is 1.51. The molecule has 0 bridgehead atoms. The highest BCUT2D eigenvalue weighted by Gasteiger charge is 2.29. The van der Waals surface area contributed by atoms with Crippen molar-refractivity contribution in [3.63, 3.8) is 0 Å².